The maximum Gasteiger partial charge on any atom is 0.417 e. The largest absolute Gasteiger partial charge is 0.494 e. The predicted molar refractivity (Wildman–Crippen MR) is 176 cm³/mol. The molecular weight excluding hydrogens is 613 g/mol. The van der Waals surface area contributed by atoms with Gasteiger partial charge in [-0.15, -0.1) is 0 Å². The number of amides is 1. The molecule has 4 rings (SSSR count). The van der Waals surface area contributed by atoms with Gasteiger partial charge in [-0.1, -0.05) is 96.5 Å². The van der Waals surface area contributed by atoms with Crippen LogP contribution < -0.4 is 10.1 Å². The molecule has 4 aromatic rings. The number of nitrogens with one attached hydrogen (secondary N) is 1. The highest BCUT2D eigenvalue weighted by Crippen LogP contribution is 2.37. The number of nitrogens with zero attached hydrogens (tertiary/aromatic N) is 1. The van der Waals surface area contributed by atoms with Crippen molar-refractivity contribution >= 4 is 17.7 Å². The first-order chi connectivity index (χ1) is 21.9. The fourth-order valence-electron chi connectivity index (χ4n) is 5.14. The van der Waals surface area contributed by atoms with Crippen molar-refractivity contribution in [2.24, 2.45) is 0 Å². The van der Waals surface area contributed by atoms with E-state index < -0.39 is 23.4 Å². The Morgan fingerprint density at radius 1 is 0.870 bits per heavy atom. The summed E-state index contributed by atoms with van der Waals surface area (Å²) in [6, 6.07) is 31.7. The quantitative estimate of drug-likeness (QED) is 0.146. The van der Waals surface area contributed by atoms with Crippen molar-refractivity contribution in [3.63, 3.8) is 0 Å². The summed E-state index contributed by atoms with van der Waals surface area (Å²) in [5.41, 5.74) is 2.08. The molecule has 9 heteroatoms. The molecule has 0 saturated carbocycles. The van der Waals surface area contributed by atoms with Gasteiger partial charge < -0.3 is 14.8 Å². The van der Waals surface area contributed by atoms with Crippen molar-refractivity contribution in [3.05, 3.63) is 136 Å². The monoisotopic (exact) mass is 652 g/mol. The number of alkyl carbamates (subject to hydrolysis) is 1. The summed E-state index contributed by atoms with van der Waals surface area (Å²) in [6.07, 6.45) is -4.42. The van der Waals surface area contributed by atoms with Gasteiger partial charge in [0, 0.05) is 32.1 Å². The van der Waals surface area contributed by atoms with Gasteiger partial charge in [0.15, 0.2) is 0 Å². The molecular formula is C37H40ClF3N2O3. The fraction of sp³-hybridized carbons (Fsp3) is 0.324. The Labute approximate surface area is 274 Å². The van der Waals surface area contributed by atoms with Crippen LogP contribution in [0.25, 0.3) is 0 Å². The number of carbonyl (C=O) groups excluding carboxylic acids is 1. The second-order valence-electron chi connectivity index (χ2n) is 12.1. The molecule has 46 heavy (non-hydrogen) atoms. The molecule has 0 unspecified atom stereocenters. The lowest BCUT2D eigenvalue weighted by Crippen LogP contribution is -2.32. The molecule has 1 amide bonds. The van der Waals surface area contributed by atoms with Crippen LogP contribution in [-0.4, -0.2) is 36.3 Å². The molecule has 0 spiro atoms. The topological polar surface area (TPSA) is 50.8 Å². The minimum absolute atomic E-state index is 0.0120. The van der Waals surface area contributed by atoms with E-state index in [1.807, 2.05) is 60.7 Å². The van der Waals surface area contributed by atoms with Crippen LogP contribution in [0.3, 0.4) is 0 Å². The zero-order chi connectivity index (χ0) is 33.2. The minimum Gasteiger partial charge on any atom is -0.494 e. The number of hydrogen-bond donors (Lipinski definition) is 1. The third-order valence-corrected chi connectivity index (χ3v) is 7.69. The van der Waals surface area contributed by atoms with Gasteiger partial charge in [0.1, 0.15) is 11.4 Å². The number of rotatable bonds is 13. The van der Waals surface area contributed by atoms with Gasteiger partial charge in [-0.25, -0.2) is 4.79 Å². The van der Waals surface area contributed by atoms with Crippen molar-refractivity contribution < 1.29 is 27.4 Å². The average molecular weight is 653 g/mol. The average Bonchev–Trinajstić information content (AvgIpc) is 3.01. The molecule has 0 aliphatic carbocycles. The van der Waals surface area contributed by atoms with E-state index in [-0.39, 0.29) is 24.0 Å². The Kier molecular flexibility index (Phi) is 12.1. The van der Waals surface area contributed by atoms with Crippen LogP contribution in [0.5, 0.6) is 5.75 Å². The van der Waals surface area contributed by atoms with Crippen LogP contribution >= 0.6 is 11.6 Å². The lowest BCUT2D eigenvalue weighted by molar-refractivity contribution is -0.137. The van der Waals surface area contributed by atoms with Gasteiger partial charge in [-0.05, 0) is 67.6 Å². The van der Waals surface area contributed by atoms with Crippen molar-refractivity contribution in [1.29, 1.82) is 0 Å². The third kappa shape index (κ3) is 10.8. The molecule has 244 valence electrons. The second kappa shape index (κ2) is 16.0. The molecule has 0 radical (unpaired) electrons. The van der Waals surface area contributed by atoms with Crippen LogP contribution in [0.1, 0.15) is 60.9 Å². The lowest BCUT2D eigenvalue weighted by Gasteiger charge is -2.29. The lowest BCUT2D eigenvalue weighted by atomic mass is 9.90. The minimum atomic E-state index is -4.54. The van der Waals surface area contributed by atoms with Crippen molar-refractivity contribution in [2.75, 3.05) is 19.7 Å². The summed E-state index contributed by atoms with van der Waals surface area (Å²) in [6.45, 7) is 7.45. The van der Waals surface area contributed by atoms with Gasteiger partial charge in [0.2, 0.25) is 0 Å². The molecule has 0 bridgehead atoms. The Bertz CT molecular complexity index is 1500. The van der Waals surface area contributed by atoms with Crippen LogP contribution in [0.2, 0.25) is 5.02 Å². The summed E-state index contributed by atoms with van der Waals surface area (Å²) >= 11 is 6.34. The van der Waals surface area contributed by atoms with E-state index >= 15 is 0 Å². The molecule has 4 aromatic carbocycles. The summed E-state index contributed by atoms with van der Waals surface area (Å²) in [5, 5.41) is 2.47. The Balaban J connectivity index is 1.47. The molecule has 0 atom stereocenters. The van der Waals surface area contributed by atoms with E-state index in [1.165, 1.54) is 6.07 Å². The highest BCUT2D eigenvalue weighted by atomic mass is 35.5. The molecule has 0 fully saturated rings. The van der Waals surface area contributed by atoms with E-state index in [9.17, 15) is 18.0 Å². The van der Waals surface area contributed by atoms with Crippen molar-refractivity contribution in [2.45, 2.75) is 58.0 Å². The van der Waals surface area contributed by atoms with Gasteiger partial charge in [-0.2, -0.15) is 13.2 Å². The Hall–Kier alpha value is -4.01. The summed E-state index contributed by atoms with van der Waals surface area (Å²) in [4.78, 5) is 14.2. The standard InChI is InChI=1S/C37H40ClF3N2O3/c1-36(2,3)46-35(44)42-24-27-13-10-19-31(23-27)45-22-12-21-43(25-30-18-11-20-33(34(30)38)37(39,40)41)26-32(28-14-6-4-7-15-28)29-16-8-5-9-17-29/h4-11,13-20,23,32H,12,21-22,24-26H2,1-3H3,(H,42,44). The van der Waals surface area contributed by atoms with E-state index in [0.717, 1.165) is 22.8 Å². The van der Waals surface area contributed by atoms with Crippen LogP contribution in [0.4, 0.5) is 18.0 Å². The maximum absolute atomic E-state index is 13.7. The highest BCUT2D eigenvalue weighted by molar-refractivity contribution is 6.32. The van der Waals surface area contributed by atoms with Crippen LogP contribution in [0.15, 0.2) is 103 Å². The fourth-order valence-corrected chi connectivity index (χ4v) is 5.43. The van der Waals surface area contributed by atoms with E-state index in [1.54, 1.807) is 26.8 Å². The maximum atomic E-state index is 13.7. The number of alkyl halides is 3. The SMILES string of the molecule is CC(C)(C)OC(=O)NCc1cccc(OCCCN(Cc2cccc(C(F)(F)F)c2Cl)CC(c2ccccc2)c2ccccc2)c1. The summed E-state index contributed by atoms with van der Waals surface area (Å²) < 4.78 is 52.4. The van der Waals surface area contributed by atoms with Crippen molar-refractivity contribution in [3.8, 4) is 5.75 Å². The highest BCUT2D eigenvalue weighted by Gasteiger charge is 2.34. The number of benzene rings is 4. The Morgan fingerprint density at radius 3 is 2.11 bits per heavy atom. The molecule has 0 aromatic heterocycles. The Morgan fingerprint density at radius 2 is 1.50 bits per heavy atom. The molecule has 0 aliphatic heterocycles. The smallest absolute Gasteiger partial charge is 0.417 e. The zero-order valence-electron chi connectivity index (χ0n) is 26.3. The third-order valence-electron chi connectivity index (χ3n) is 7.24. The van der Waals surface area contributed by atoms with Crippen molar-refractivity contribution in [1.82, 2.24) is 10.2 Å². The first-order valence-corrected chi connectivity index (χ1v) is 15.6. The number of halogens is 4. The molecule has 5 nitrogen and oxygen atoms in total. The van der Waals surface area contributed by atoms with Gasteiger partial charge in [0.25, 0.3) is 0 Å². The number of hydrogen-bond acceptors (Lipinski definition) is 4. The molecule has 1 N–H and O–H groups in total. The molecule has 0 aliphatic rings. The van der Waals surface area contributed by atoms with E-state index in [2.05, 4.69) is 34.5 Å². The van der Waals surface area contributed by atoms with Crippen LogP contribution in [0, 0.1) is 0 Å². The number of carbonyl (C=O) groups is 1. The van der Waals surface area contributed by atoms with E-state index in [0.29, 0.717) is 37.4 Å². The van der Waals surface area contributed by atoms with Gasteiger partial charge >= 0.3 is 12.3 Å². The second-order valence-corrected chi connectivity index (χ2v) is 12.5. The van der Waals surface area contributed by atoms with Crippen LogP contribution in [-0.2, 0) is 24.0 Å². The number of ether oxygens (including phenoxy) is 2. The summed E-state index contributed by atoms with van der Waals surface area (Å²) in [7, 11) is 0. The first kappa shape index (κ1) is 34.9. The predicted octanol–water partition coefficient (Wildman–Crippen LogP) is 9.49. The zero-order valence-corrected chi connectivity index (χ0v) is 27.1. The van der Waals surface area contributed by atoms with E-state index in [4.69, 9.17) is 21.1 Å². The normalized spacial score (nSPS) is 11.9. The molecule has 0 heterocycles. The first-order valence-electron chi connectivity index (χ1n) is 15.2. The summed E-state index contributed by atoms with van der Waals surface area (Å²) in [5.74, 6) is 0.643. The van der Waals surface area contributed by atoms with Gasteiger partial charge in [-0.3, -0.25) is 4.90 Å². The van der Waals surface area contributed by atoms with Gasteiger partial charge in [0.05, 0.1) is 17.2 Å². The molecule has 0 saturated heterocycles.